The molecule has 0 amide bonds. The van der Waals surface area contributed by atoms with Crippen molar-refractivity contribution in [1.29, 1.82) is 0 Å². The number of nitrogens with zero attached hydrogens (tertiary/aromatic N) is 8. The Bertz CT molecular complexity index is 1740. The minimum absolute atomic E-state index is 0.0640. The number of pyridine rings is 3. The second-order valence-corrected chi connectivity index (χ2v) is 11.7. The van der Waals surface area contributed by atoms with Crippen LogP contribution in [0.5, 0.6) is 11.6 Å². The Balaban J connectivity index is 1.29. The maximum absolute atomic E-state index is 6.44. The van der Waals surface area contributed by atoms with Gasteiger partial charge in [-0.1, -0.05) is 11.3 Å². The molecule has 5 aromatic rings. The van der Waals surface area contributed by atoms with Crippen molar-refractivity contribution in [3.05, 3.63) is 42.5 Å². The molecule has 7 rings (SSSR count). The first-order chi connectivity index (χ1) is 21.1. The summed E-state index contributed by atoms with van der Waals surface area (Å²) in [5, 5.41) is 6.68. The highest BCUT2D eigenvalue weighted by Gasteiger charge is 2.25. The number of anilines is 1. The Labute approximate surface area is 253 Å². The maximum atomic E-state index is 6.44. The van der Waals surface area contributed by atoms with Gasteiger partial charge in [-0.2, -0.15) is 10.1 Å². The van der Waals surface area contributed by atoms with Gasteiger partial charge in [0.05, 0.1) is 54.6 Å². The van der Waals surface area contributed by atoms with Crippen LogP contribution in [0.25, 0.3) is 38.2 Å². The van der Waals surface area contributed by atoms with Gasteiger partial charge in [-0.25, -0.2) is 9.67 Å². The van der Waals surface area contributed by atoms with E-state index in [0.717, 1.165) is 89.0 Å². The largest absolute Gasteiger partial charge is 0.496 e. The van der Waals surface area contributed by atoms with E-state index in [-0.39, 0.29) is 6.10 Å². The smallest absolute Gasteiger partial charge is 0.243 e. The molecule has 0 radical (unpaired) electrons. The third-order valence-corrected chi connectivity index (χ3v) is 9.06. The number of thiazole rings is 1. The number of aromatic nitrogens is 6. The Morgan fingerprint density at radius 2 is 1.95 bits per heavy atom. The van der Waals surface area contributed by atoms with Gasteiger partial charge in [0.25, 0.3) is 0 Å². The minimum Gasteiger partial charge on any atom is -0.496 e. The van der Waals surface area contributed by atoms with Crippen LogP contribution < -0.4 is 14.4 Å². The Morgan fingerprint density at radius 1 is 1.07 bits per heavy atom. The van der Waals surface area contributed by atoms with Crippen molar-refractivity contribution in [1.82, 2.24) is 34.6 Å². The topological polar surface area (TPSA) is 113 Å². The van der Waals surface area contributed by atoms with Gasteiger partial charge in [0, 0.05) is 75.8 Å². The fourth-order valence-electron chi connectivity index (χ4n) is 5.60. The Hall–Kier alpha value is -3.91. The zero-order chi connectivity index (χ0) is 29.3. The molecule has 5 aromatic heterocycles. The van der Waals surface area contributed by atoms with Gasteiger partial charge in [0.2, 0.25) is 5.88 Å². The van der Waals surface area contributed by atoms with Crippen molar-refractivity contribution in [3.63, 3.8) is 0 Å². The third-order valence-electron chi connectivity index (χ3n) is 7.99. The standard InChI is InChI=1S/C30H34N8O4S/c1-19-21-17-32-38(24(21)14-23(33-19)22-16-31-6-4-25(22)40-3)27-15-26-28(29(34-27)42-20-5-12-41-18-20)35-30(43-26)37-9-7-36(8-10-37)11-13-39-2/h4,6,14-17,20H,5,7-13,18H2,1-3H3/t20-/m0/s1. The second kappa shape index (κ2) is 12.0. The van der Waals surface area contributed by atoms with Crippen LogP contribution >= 0.6 is 11.3 Å². The van der Waals surface area contributed by atoms with Gasteiger partial charge in [-0.3, -0.25) is 14.9 Å². The molecule has 0 N–H and O–H groups in total. The predicted molar refractivity (Wildman–Crippen MR) is 165 cm³/mol. The quantitative estimate of drug-likeness (QED) is 0.246. The fraction of sp³-hybridized carbons (Fsp3) is 0.433. The van der Waals surface area contributed by atoms with E-state index < -0.39 is 0 Å². The second-order valence-electron chi connectivity index (χ2n) is 10.7. The number of aryl methyl sites for hydroxylation is 1. The molecule has 0 bridgehead atoms. The van der Waals surface area contributed by atoms with E-state index in [1.807, 2.05) is 29.9 Å². The Kier molecular flexibility index (Phi) is 7.78. The van der Waals surface area contributed by atoms with Gasteiger partial charge in [0.1, 0.15) is 17.4 Å². The van der Waals surface area contributed by atoms with Crippen molar-refractivity contribution in [2.75, 3.05) is 71.7 Å². The van der Waals surface area contributed by atoms with Crippen molar-refractivity contribution < 1.29 is 18.9 Å². The molecule has 13 heteroatoms. The van der Waals surface area contributed by atoms with E-state index >= 15 is 0 Å². The lowest BCUT2D eigenvalue weighted by Crippen LogP contribution is -2.47. The molecule has 43 heavy (non-hydrogen) atoms. The molecular weight excluding hydrogens is 568 g/mol. The summed E-state index contributed by atoms with van der Waals surface area (Å²) < 4.78 is 25.7. The highest BCUT2D eigenvalue weighted by atomic mass is 32.1. The predicted octanol–water partition coefficient (Wildman–Crippen LogP) is 3.74. The number of rotatable bonds is 9. The number of methoxy groups -OCH3 is 2. The van der Waals surface area contributed by atoms with Crippen LogP contribution in [-0.2, 0) is 9.47 Å². The number of hydrogen-bond donors (Lipinski definition) is 0. The lowest BCUT2D eigenvalue weighted by Gasteiger charge is -2.34. The van der Waals surface area contributed by atoms with E-state index in [9.17, 15) is 0 Å². The van der Waals surface area contributed by atoms with E-state index in [4.69, 9.17) is 39.0 Å². The average Bonchev–Trinajstić information content (AvgIpc) is 3.80. The lowest BCUT2D eigenvalue weighted by molar-refractivity contribution is 0.139. The zero-order valence-corrected chi connectivity index (χ0v) is 25.3. The molecule has 224 valence electrons. The first-order valence-corrected chi connectivity index (χ1v) is 15.3. The van der Waals surface area contributed by atoms with Crippen LogP contribution in [-0.4, -0.2) is 107 Å². The summed E-state index contributed by atoms with van der Waals surface area (Å²) in [6.45, 7) is 8.66. The fourth-order valence-corrected chi connectivity index (χ4v) is 6.64. The van der Waals surface area contributed by atoms with E-state index in [1.165, 1.54) is 0 Å². The van der Waals surface area contributed by atoms with Gasteiger partial charge in [-0.15, -0.1) is 0 Å². The molecular formula is C30H34N8O4S. The number of fused-ring (bicyclic) bond motifs is 2. The molecule has 2 aliphatic rings. The van der Waals surface area contributed by atoms with Crippen molar-refractivity contribution in [2.45, 2.75) is 19.4 Å². The number of ether oxygens (including phenoxy) is 4. The van der Waals surface area contributed by atoms with Crippen molar-refractivity contribution in [2.24, 2.45) is 0 Å². The molecule has 0 aromatic carbocycles. The molecule has 7 heterocycles. The lowest BCUT2D eigenvalue weighted by atomic mass is 10.1. The first-order valence-electron chi connectivity index (χ1n) is 14.5. The van der Waals surface area contributed by atoms with Gasteiger partial charge in [0.15, 0.2) is 10.9 Å². The summed E-state index contributed by atoms with van der Waals surface area (Å²) in [4.78, 5) is 24.0. The van der Waals surface area contributed by atoms with Crippen molar-refractivity contribution in [3.8, 4) is 28.7 Å². The van der Waals surface area contributed by atoms with Crippen LogP contribution in [0.4, 0.5) is 5.13 Å². The molecule has 12 nitrogen and oxygen atoms in total. The molecule has 2 fully saturated rings. The maximum Gasteiger partial charge on any atom is 0.243 e. The highest BCUT2D eigenvalue weighted by molar-refractivity contribution is 7.22. The average molecular weight is 603 g/mol. The Morgan fingerprint density at radius 3 is 2.74 bits per heavy atom. The van der Waals surface area contributed by atoms with Crippen LogP contribution in [0.15, 0.2) is 36.8 Å². The van der Waals surface area contributed by atoms with Gasteiger partial charge in [-0.05, 0) is 19.1 Å². The van der Waals surface area contributed by atoms with E-state index in [0.29, 0.717) is 30.7 Å². The third kappa shape index (κ3) is 5.49. The summed E-state index contributed by atoms with van der Waals surface area (Å²) in [6.07, 6.45) is 6.06. The molecule has 0 saturated carbocycles. The summed E-state index contributed by atoms with van der Waals surface area (Å²) in [7, 11) is 3.40. The minimum atomic E-state index is -0.0640. The molecule has 0 unspecified atom stereocenters. The van der Waals surface area contributed by atoms with Crippen LogP contribution in [0, 0.1) is 6.92 Å². The monoisotopic (exact) mass is 602 g/mol. The SMILES string of the molecule is COCCN1CCN(c2nc3c(O[C@H]4CCOC4)nc(-n4ncc5c(C)nc(-c6cnccc6OC)cc54)cc3s2)CC1. The molecule has 2 aliphatic heterocycles. The number of piperazine rings is 1. The van der Waals surface area contributed by atoms with Crippen molar-refractivity contribution >= 4 is 37.6 Å². The van der Waals surface area contributed by atoms with Gasteiger partial charge >= 0.3 is 0 Å². The van der Waals surface area contributed by atoms with Crippen LogP contribution in [0.3, 0.4) is 0 Å². The van der Waals surface area contributed by atoms with Crippen LogP contribution in [0.1, 0.15) is 12.1 Å². The van der Waals surface area contributed by atoms with E-state index in [1.54, 1.807) is 38.0 Å². The summed E-state index contributed by atoms with van der Waals surface area (Å²) in [6, 6.07) is 5.89. The number of hydrogen-bond acceptors (Lipinski definition) is 12. The molecule has 1 atom stereocenters. The van der Waals surface area contributed by atoms with Gasteiger partial charge < -0.3 is 23.8 Å². The summed E-state index contributed by atoms with van der Waals surface area (Å²) in [5.41, 5.74) is 4.07. The van der Waals surface area contributed by atoms with Crippen LogP contribution in [0.2, 0.25) is 0 Å². The molecule has 0 spiro atoms. The molecule has 0 aliphatic carbocycles. The molecule has 2 saturated heterocycles. The zero-order valence-electron chi connectivity index (χ0n) is 24.5. The summed E-state index contributed by atoms with van der Waals surface area (Å²) >= 11 is 1.66. The van der Waals surface area contributed by atoms with E-state index in [2.05, 4.69) is 20.9 Å². The normalized spacial score (nSPS) is 17.7. The summed E-state index contributed by atoms with van der Waals surface area (Å²) in [5.74, 6) is 1.87. The first kappa shape index (κ1) is 27.9. The highest BCUT2D eigenvalue weighted by Crippen LogP contribution is 2.37.